The number of benzene rings is 2. The van der Waals surface area contributed by atoms with E-state index in [1.54, 1.807) is 7.11 Å². The Balaban J connectivity index is 2.05. The van der Waals surface area contributed by atoms with E-state index in [4.69, 9.17) is 21.1 Å². The first-order valence-electron chi connectivity index (χ1n) is 7.61. The third-order valence-electron chi connectivity index (χ3n) is 3.79. The summed E-state index contributed by atoms with van der Waals surface area (Å²) < 4.78 is 11.3. The number of aromatic amines is 1. The molecule has 0 aliphatic carbocycles. The summed E-state index contributed by atoms with van der Waals surface area (Å²) >= 11 is 6.42. The molecule has 0 fully saturated rings. The van der Waals surface area contributed by atoms with Crippen molar-refractivity contribution in [3.8, 4) is 22.9 Å². The summed E-state index contributed by atoms with van der Waals surface area (Å²) in [5.41, 5.74) is 2.76. The fraction of sp³-hybridized carbons (Fsp3) is 0.278. The van der Waals surface area contributed by atoms with Gasteiger partial charge in [0, 0.05) is 5.56 Å². The molecular formula is C18H19ClN2O2. The van der Waals surface area contributed by atoms with Crippen LogP contribution in [0.15, 0.2) is 36.4 Å². The van der Waals surface area contributed by atoms with Crippen molar-refractivity contribution >= 4 is 22.6 Å². The van der Waals surface area contributed by atoms with Gasteiger partial charge in [0.15, 0.2) is 11.5 Å². The van der Waals surface area contributed by atoms with E-state index in [2.05, 4.69) is 16.9 Å². The average Bonchev–Trinajstić information content (AvgIpc) is 3.00. The van der Waals surface area contributed by atoms with E-state index in [0.717, 1.165) is 28.8 Å². The van der Waals surface area contributed by atoms with Crippen LogP contribution in [0.1, 0.15) is 20.3 Å². The van der Waals surface area contributed by atoms with Gasteiger partial charge in [0.1, 0.15) is 5.82 Å². The van der Waals surface area contributed by atoms with Crippen LogP contribution in [0.2, 0.25) is 5.02 Å². The molecule has 0 radical (unpaired) electrons. The number of aromatic nitrogens is 2. The second-order valence-electron chi connectivity index (χ2n) is 5.43. The maximum Gasteiger partial charge on any atom is 0.180 e. The summed E-state index contributed by atoms with van der Waals surface area (Å²) in [6, 6.07) is 11.6. The van der Waals surface area contributed by atoms with E-state index in [1.807, 2.05) is 43.3 Å². The zero-order chi connectivity index (χ0) is 16.4. The lowest BCUT2D eigenvalue weighted by molar-refractivity contribution is 0.208. The zero-order valence-electron chi connectivity index (χ0n) is 13.4. The van der Waals surface area contributed by atoms with E-state index in [9.17, 15) is 0 Å². The minimum absolute atomic E-state index is 0.0680. The number of nitrogens with one attached hydrogen (secondary N) is 1. The van der Waals surface area contributed by atoms with Gasteiger partial charge in [0.2, 0.25) is 0 Å². The Morgan fingerprint density at radius 1 is 1.26 bits per heavy atom. The summed E-state index contributed by atoms with van der Waals surface area (Å²) in [5.74, 6) is 1.93. The van der Waals surface area contributed by atoms with E-state index in [-0.39, 0.29) is 6.10 Å². The van der Waals surface area contributed by atoms with Crippen LogP contribution in [-0.2, 0) is 0 Å². The van der Waals surface area contributed by atoms with Crippen molar-refractivity contribution in [2.24, 2.45) is 0 Å². The summed E-state index contributed by atoms with van der Waals surface area (Å²) in [5, 5.41) is 0.514. The molecule has 2 aromatic carbocycles. The highest BCUT2D eigenvalue weighted by Gasteiger charge is 2.16. The van der Waals surface area contributed by atoms with Gasteiger partial charge in [-0.3, -0.25) is 0 Å². The fourth-order valence-electron chi connectivity index (χ4n) is 2.34. The van der Waals surface area contributed by atoms with Gasteiger partial charge in [0.05, 0.1) is 29.3 Å². The van der Waals surface area contributed by atoms with Crippen LogP contribution in [0.25, 0.3) is 22.4 Å². The highest BCUT2D eigenvalue weighted by atomic mass is 35.5. The number of rotatable bonds is 5. The van der Waals surface area contributed by atoms with Gasteiger partial charge in [-0.1, -0.05) is 30.7 Å². The first kappa shape index (κ1) is 15.7. The molecule has 0 bridgehead atoms. The van der Waals surface area contributed by atoms with Crippen molar-refractivity contribution in [2.75, 3.05) is 7.11 Å². The average molecular weight is 331 g/mol. The van der Waals surface area contributed by atoms with Crippen molar-refractivity contribution in [2.45, 2.75) is 26.4 Å². The molecule has 120 valence electrons. The number of imidazole rings is 1. The molecule has 0 aliphatic rings. The first-order valence-corrected chi connectivity index (χ1v) is 7.99. The van der Waals surface area contributed by atoms with Crippen molar-refractivity contribution in [3.05, 3.63) is 41.4 Å². The summed E-state index contributed by atoms with van der Waals surface area (Å²) in [4.78, 5) is 7.89. The van der Waals surface area contributed by atoms with Crippen molar-refractivity contribution in [1.82, 2.24) is 9.97 Å². The molecule has 1 atom stereocenters. The van der Waals surface area contributed by atoms with Crippen LogP contribution in [0.3, 0.4) is 0 Å². The number of methoxy groups -OCH3 is 1. The van der Waals surface area contributed by atoms with Crippen molar-refractivity contribution < 1.29 is 9.47 Å². The Hall–Kier alpha value is -2.20. The predicted octanol–water partition coefficient (Wildman–Crippen LogP) is 5.07. The van der Waals surface area contributed by atoms with Gasteiger partial charge in [0.25, 0.3) is 0 Å². The van der Waals surface area contributed by atoms with E-state index in [1.165, 1.54) is 0 Å². The van der Waals surface area contributed by atoms with Crippen LogP contribution in [-0.4, -0.2) is 23.2 Å². The van der Waals surface area contributed by atoms with Crippen LogP contribution >= 0.6 is 11.6 Å². The molecule has 0 saturated carbocycles. The number of ether oxygens (including phenoxy) is 2. The summed E-state index contributed by atoms with van der Waals surface area (Å²) in [7, 11) is 1.61. The van der Waals surface area contributed by atoms with Crippen LogP contribution in [0.4, 0.5) is 0 Å². The number of fused-ring (bicyclic) bond motifs is 1. The Labute approximate surface area is 140 Å². The smallest absolute Gasteiger partial charge is 0.180 e. The zero-order valence-corrected chi connectivity index (χ0v) is 14.1. The van der Waals surface area contributed by atoms with Gasteiger partial charge in [-0.25, -0.2) is 4.98 Å². The monoisotopic (exact) mass is 330 g/mol. The maximum atomic E-state index is 6.42. The lowest BCUT2D eigenvalue weighted by atomic mass is 10.2. The second-order valence-corrected chi connectivity index (χ2v) is 5.84. The Kier molecular flexibility index (Phi) is 4.44. The number of halogens is 1. The molecule has 1 unspecified atom stereocenters. The Morgan fingerprint density at radius 3 is 2.74 bits per heavy atom. The molecule has 1 aromatic heterocycles. The molecule has 3 aromatic rings. The van der Waals surface area contributed by atoms with Gasteiger partial charge < -0.3 is 14.5 Å². The number of hydrogen-bond donors (Lipinski definition) is 1. The lowest BCUT2D eigenvalue weighted by Gasteiger charge is -2.17. The molecule has 0 spiro atoms. The highest BCUT2D eigenvalue weighted by molar-refractivity contribution is 6.32. The van der Waals surface area contributed by atoms with E-state index < -0.39 is 0 Å². The molecule has 0 saturated heterocycles. The molecule has 3 rings (SSSR count). The minimum atomic E-state index is 0.0680. The number of H-pyrrole nitrogens is 1. The van der Waals surface area contributed by atoms with Crippen LogP contribution in [0.5, 0.6) is 11.5 Å². The SMILES string of the molecule is CCC(C)Oc1c(Cl)cc(-c2nc3ccccc3[nH]2)cc1OC. The fourth-order valence-corrected chi connectivity index (χ4v) is 2.60. The van der Waals surface area contributed by atoms with Gasteiger partial charge in [-0.15, -0.1) is 0 Å². The third kappa shape index (κ3) is 3.13. The molecule has 0 aliphatic heterocycles. The van der Waals surface area contributed by atoms with Gasteiger partial charge >= 0.3 is 0 Å². The quantitative estimate of drug-likeness (QED) is 0.710. The number of para-hydroxylation sites is 2. The van der Waals surface area contributed by atoms with Crippen molar-refractivity contribution in [3.63, 3.8) is 0 Å². The predicted molar refractivity (Wildman–Crippen MR) is 93.5 cm³/mol. The molecule has 0 amide bonds. The number of nitrogens with zero attached hydrogens (tertiary/aromatic N) is 1. The molecule has 1 heterocycles. The molecule has 23 heavy (non-hydrogen) atoms. The normalized spacial score (nSPS) is 12.3. The minimum Gasteiger partial charge on any atom is -0.493 e. The third-order valence-corrected chi connectivity index (χ3v) is 4.07. The van der Waals surface area contributed by atoms with Crippen LogP contribution < -0.4 is 9.47 Å². The second kappa shape index (κ2) is 6.50. The van der Waals surface area contributed by atoms with Crippen molar-refractivity contribution in [1.29, 1.82) is 0 Å². The standard InChI is InChI=1S/C18H19ClN2O2/c1-4-11(2)23-17-13(19)9-12(10-16(17)22-3)18-20-14-7-5-6-8-15(14)21-18/h5-11H,4H2,1-3H3,(H,20,21). The van der Waals surface area contributed by atoms with Crippen LogP contribution in [0, 0.1) is 0 Å². The van der Waals surface area contributed by atoms with Gasteiger partial charge in [-0.2, -0.15) is 0 Å². The maximum absolute atomic E-state index is 6.42. The summed E-state index contributed by atoms with van der Waals surface area (Å²) in [6.07, 6.45) is 0.962. The first-order chi connectivity index (χ1) is 11.1. The molecule has 1 N–H and O–H groups in total. The molecule has 5 heteroatoms. The summed E-state index contributed by atoms with van der Waals surface area (Å²) in [6.45, 7) is 4.07. The topological polar surface area (TPSA) is 47.1 Å². The Morgan fingerprint density at radius 2 is 2.04 bits per heavy atom. The highest BCUT2D eigenvalue weighted by Crippen LogP contribution is 2.40. The number of hydrogen-bond acceptors (Lipinski definition) is 3. The molecular weight excluding hydrogens is 312 g/mol. The van der Waals surface area contributed by atoms with E-state index >= 15 is 0 Å². The largest absolute Gasteiger partial charge is 0.493 e. The van der Waals surface area contributed by atoms with Gasteiger partial charge in [-0.05, 0) is 37.6 Å². The lowest BCUT2D eigenvalue weighted by Crippen LogP contribution is -2.11. The Bertz CT molecular complexity index is 796. The van der Waals surface area contributed by atoms with E-state index in [0.29, 0.717) is 16.5 Å². The molecule has 4 nitrogen and oxygen atoms in total.